The minimum atomic E-state index is -0.120. The predicted octanol–water partition coefficient (Wildman–Crippen LogP) is 4.05. The molecule has 98 valence electrons. The van der Waals surface area contributed by atoms with Crippen molar-refractivity contribution in [3.8, 4) is 11.1 Å². The summed E-state index contributed by atoms with van der Waals surface area (Å²) >= 11 is 0. The number of aryl methyl sites for hydroxylation is 1. The molecular weight excluding hydrogens is 237 g/mol. The Hall–Kier alpha value is -1.67. The Morgan fingerprint density at radius 2 is 1.95 bits per heavy atom. The number of nitrogens with one attached hydrogen (secondary N) is 1. The second-order valence-electron chi connectivity index (χ2n) is 5.28. The highest BCUT2D eigenvalue weighted by atomic mass is 19.1. The van der Waals surface area contributed by atoms with E-state index in [0.717, 1.165) is 11.1 Å². The van der Waals surface area contributed by atoms with Crippen molar-refractivity contribution in [1.29, 1.82) is 0 Å². The Labute approximate surface area is 113 Å². The Morgan fingerprint density at radius 1 is 1.16 bits per heavy atom. The molecule has 0 aromatic heterocycles. The molecule has 0 heterocycles. The summed E-state index contributed by atoms with van der Waals surface area (Å²) in [7, 11) is 0. The average molecular weight is 255 g/mol. The summed E-state index contributed by atoms with van der Waals surface area (Å²) in [5.74, 6) is -0.120. The van der Waals surface area contributed by atoms with Crippen LogP contribution in [0.2, 0.25) is 0 Å². The second-order valence-corrected chi connectivity index (χ2v) is 5.28. The molecule has 2 heteroatoms. The van der Waals surface area contributed by atoms with Gasteiger partial charge in [-0.3, -0.25) is 0 Å². The summed E-state index contributed by atoms with van der Waals surface area (Å²) in [6.45, 7) is 2.71. The first-order valence-electron chi connectivity index (χ1n) is 6.82. The lowest BCUT2D eigenvalue weighted by Crippen LogP contribution is -2.16. The van der Waals surface area contributed by atoms with Crippen molar-refractivity contribution < 1.29 is 4.39 Å². The Morgan fingerprint density at radius 3 is 2.68 bits per heavy atom. The number of halogens is 1. The minimum Gasteiger partial charge on any atom is -0.310 e. The Balaban J connectivity index is 1.89. The molecule has 0 saturated heterocycles. The summed E-state index contributed by atoms with van der Waals surface area (Å²) in [6.07, 6.45) is 2.44. The van der Waals surface area contributed by atoms with Gasteiger partial charge in [-0.15, -0.1) is 0 Å². The molecule has 0 spiro atoms. The van der Waals surface area contributed by atoms with E-state index in [1.807, 2.05) is 24.3 Å². The largest absolute Gasteiger partial charge is 0.310 e. The fourth-order valence-electron chi connectivity index (χ4n) is 2.32. The van der Waals surface area contributed by atoms with E-state index in [9.17, 15) is 4.39 Å². The summed E-state index contributed by atoms with van der Waals surface area (Å²) in [6, 6.07) is 14.2. The Kier molecular flexibility index (Phi) is 3.34. The molecular formula is C17H18FN. The maximum Gasteiger partial charge on any atom is 0.127 e. The molecule has 1 aliphatic rings. The van der Waals surface area contributed by atoms with Gasteiger partial charge in [0.15, 0.2) is 0 Å². The lowest BCUT2D eigenvalue weighted by atomic mass is 9.98. The Bertz CT molecular complexity index is 588. The van der Waals surface area contributed by atoms with Gasteiger partial charge in [-0.25, -0.2) is 4.39 Å². The topological polar surface area (TPSA) is 12.0 Å². The van der Waals surface area contributed by atoms with E-state index in [1.165, 1.54) is 24.0 Å². The van der Waals surface area contributed by atoms with E-state index < -0.39 is 0 Å². The van der Waals surface area contributed by atoms with Crippen LogP contribution < -0.4 is 5.32 Å². The maximum absolute atomic E-state index is 13.8. The molecule has 2 aromatic carbocycles. The predicted molar refractivity (Wildman–Crippen MR) is 76.4 cm³/mol. The third-order valence-corrected chi connectivity index (χ3v) is 3.66. The zero-order chi connectivity index (χ0) is 13.2. The fourth-order valence-corrected chi connectivity index (χ4v) is 2.32. The zero-order valence-corrected chi connectivity index (χ0v) is 11.1. The molecule has 0 atom stereocenters. The van der Waals surface area contributed by atoms with Crippen molar-refractivity contribution in [2.24, 2.45) is 0 Å². The van der Waals surface area contributed by atoms with Crippen LogP contribution in [0, 0.1) is 12.7 Å². The third-order valence-electron chi connectivity index (χ3n) is 3.66. The van der Waals surface area contributed by atoms with Crippen LogP contribution in [0.4, 0.5) is 4.39 Å². The van der Waals surface area contributed by atoms with Crippen LogP contribution in [0.15, 0.2) is 42.5 Å². The molecule has 3 rings (SSSR count). The molecule has 1 N–H and O–H groups in total. The van der Waals surface area contributed by atoms with Crippen LogP contribution in [0.3, 0.4) is 0 Å². The van der Waals surface area contributed by atoms with Gasteiger partial charge in [-0.1, -0.05) is 30.3 Å². The molecule has 1 saturated carbocycles. The van der Waals surface area contributed by atoms with E-state index in [4.69, 9.17) is 0 Å². The first kappa shape index (κ1) is 12.4. The first-order valence-corrected chi connectivity index (χ1v) is 6.82. The quantitative estimate of drug-likeness (QED) is 0.869. The van der Waals surface area contributed by atoms with Crippen molar-refractivity contribution in [3.05, 3.63) is 59.4 Å². The highest BCUT2D eigenvalue weighted by Gasteiger charge is 2.20. The normalized spacial score (nSPS) is 14.6. The van der Waals surface area contributed by atoms with Crippen molar-refractivity contribution in [2.45, 2.75) is 32.4 Å². The minimum absolute atomic E-state index is 0.120. The number of hydrogen-bond acceptors (Lipinski definition) is 1. The molecule has 0 amide bonds. The van der Waals surface area contributed by atoms with Gasteiger partial charge in [-0.05, 0) is 48.6 Å². The van der Waals surface area contributed by atoms with E-state index >= 15 is 0 Å². The van der Waals surface area contributed by atoms with Crippen molar-refractivity contribution >= 4 is 0 Å². The number of benzene rings is 2. The number of hydrogen-bond donors (Lipinski definition) is 1. The van der Waals surface area contributed by atoms with Gasteiger partial charge in [0.25, 0.3) is 0 Å². The van der Waals surface area contributed by atoms with E-state index in [0.29, 0.717) is 12.6 Å². The molecule has 0 bridgehead atoms. The van der Waals surface area contributed by atoms with Crippen molar-refractivity contribution in [1.82, 2.24) is 5.32 Å². The summed E-state index contributed by atoms with van der Waals surface area (Å²) in [5.41, 5.74) is 4.24. The first-order chi connectivity index (χ1) is 9.24. The zero-order valence-electron chi connectivity index (χ0n) is 11.1. The van der Waals surface area contributed by atoms with Crippen molar-refractivity contribution in [3.63, 3.8) is 0 Å². The van der Waals surface area contributed by atoms with Crippen LogP contribution in [-0.2, 0) is 6.54 Å². The summed E-state index contributed by atoms with van der Waals surface area (Å²) < 4.78 is 13.8. The average Bonchev–Trinajstić information content (AvgIpc) is 3.23. The van der Waals surface area contributed by atoms with Crippen LogP contribution in [0.5, 0.6) is 0 Å². The molecule has 0 unspecified atom stereocenters. The SMILES string of the molecule is Cc1ccccc1-c1ccc(F)c(CNC2CC2)c1. The molecule has 1 fully saturated rings. The van der Waals surface area contributed by atoms with E-state index in [-0.39, 0.29) is 5.82 Å². The smallest absolute Gasteiger partial charge is 0.127 e. The molecule has 0 radical (unpaired) electrons. The van der Waals surface area contributed by atoms with Gasteiger partial charge in [0.2, 0.25) is 0 Å². The lowest BCUT2D eigenvalue weighted by molar-refractivity contribution is 0.587. The van der Waals surface area contributed by atoms with Crippen LogP contribution in [0.25, 0.3) is 11.1 Å². The van der Waals surface area contributed by atoms with Gasteiger partial charge in [0.1, 0.15) is 5.82 Å². The lowest BCUT2D eigenvalue weighted by Gasteiger charge is -2.10. The van der Waals surface area contributed by atoms with Gasteiger partial charge >= 0.3 is 0 Å². The van der Waals surface area contributed by atoms with Crippen molar-refractivity contribution in [2.75, 3.05) is 0 Å². The fraction of sp³-hybridized carbons (Fsp3) is 0.294. The summed E-state index contributed by atoms with van der Waals surface area (Å²) in [5, 5.41) is 3.37. The highest BCUT2D eigenvalue weighted by molar-refractivity contribution is 5.67. The van der Waals surface area contributed by atoms with Gasteiger partial charge < -0.3 is 5.32 Å². The second kappa shape index (κ2) is 5.14. The monoisotopic (exact) mass is 255 g/mol. The van der Waals surface area contributed by atoms with Gasteiger partial charge in [-0.2, -0.15) is 0 Å². The molecule has 0 aliphatic heterocycles. The van der Waals surface area contributed by atoms with Crippen LogP contribution in [0.1, 0.15) is 24.0 Å². The van der Waals surface area contributed by atoms with Gasteiger partial charge in [0, 0.05) is 18.2 Å². The standard InChI is InChI=1S/C17H18FN/c1-12-4-2-3-5-16(12)13-6-9-17(18)14(10-13)11-19-15-7-8-15/h2-6,9-10,15,19H,7-8,11H2,1H3. The number of rotatable bonds is 4. The summed E-state index contributed by atoms with van der Waals surface area (Å²) in [4.78, 5) is 0. The molecule has 1 nitrogen and oxygen atoms in total. The molecule has 1 aliphatic carbocycles. The molecule has 2 aromatic rings. The van der Waals surface area contributed by atoms with Crippen LogP contribution in [-0.4, -0.2) is 6.04 Å². The highest BCUT2D eigenvalue weighted by Crippen LogP contribution is 2.26. The van der Waals surface area contributed by atoms with E-state index in [2.05, 4.69) is 24.4 Å². The van der Waals surface area contributed by atoms with Gasteiger partial charge in [0.05, 0.1) is 0 Å². The van der Waals surface area contributed by atoms with Crippen LogP contribution >= 0.6 is 0 Å². The maximum atomic E-state index is 13.8. The van der Waals surface area contributed by atoms with E-state index in [1.54, 1.807) is 6.07 Å². The third kappa shape index (κ3) is 2.85. The molecule has 19 heavy (non-hydrogen) atoms.